The summed E-state index contributed by atoms with van der Waals surface area (Å²) in [6, 6.07) is 28.7. The monoisotopic (exact) mass is 461 g/mol. The third-order valence-corrected chi connectivity index (χ3v) is 6.49. The van der Waals surface area contributed by atoms with E-state index in [4.69, 9.17) is 14.5 Å². The van der Waals surface area contributed by atoms with E-state index in [1.165, 1.54) is 5.39 Å². The van der Waals surface area contributed by atoms with Crippen LogP contribution in [-0.4, -0.2) is 28.1 Å². The first-order chi connectivity index (χ1) is 17.0. The molecule has 0 amide bonds. The zero-order chi connectivity index (χ0) is 24.0. The van der Waals surface area contributed by atoms with Gasteiger partial charge >= 0.3 is 0 Å². The molecule has 5 heteroatoms. The van der Waals surface area contributed by atoms with Gasteiger partial charge in [0, 0.05) is 28.6 Å². The molecule has 35 heavy (non-hydrogen) atoms. The van der Waals surface area contributed by atoms with Crippen LogP contribution in [-0.2, 0) is 4.74 Å². The topological polar surface area (TPSA) is 48.6 Å². The third-order valence-electron chi connectivity index (χ3n) is 6.49. The van der Waals surface area contributed by atoms with Crippen molar-refractivity contribution in [3.8, 4) is 17.3 Å². The number of fused-ring (bicyclic) bond motifs is 3. The fourth-order valence-electron chi connectivity index (χ4n) is 4.55. The van der Waals surface area contributed by atoms with Gasteiger partial charge in [0.1, 0.15) is 23.9 Å². The number of ether oxygens (including phenoxy) is 2. The van der Waals surface area contributed by atoms with Crippen molar-refractivity contribution in [1.29, 1.82) is 0 Å². The van der Waals surface area contributed by atoms with Crippen molar-refractivity contribution in [2.45, 2.75) is 26.8 Å². The van der Waals surface area contributed by atoms with Crippen molar-refractivity contribution in [3.63, 3.8) is 0 Å². The molecule has 0 spiro atoms. The molecule has 0 bridgehead atoms. The lowest BCUT2D eigenvalue weighted by atomic mass is 9.88. The Bertz CT molecular complexity index is 1560. The average molecular weight is 462 g/mol. The molecule has 0 radical (unpaired) electrons. The number of pyridine rings is 1. The van der Waals surface area contributed by atoms with Crippen molar-refractivity contribution in [2.24, 2.45) is 10.4 Å². The first-order valence-corrected chi connectivity index (χ1v) is 11.9. The van der Waals surface area contributed by atoms with Gasteiger partial charge in [-0.1, -0.05) is 51.1 Å². The summed E-state index contributed by atoms with van der Waals surface area (Å²) < 4.78 is 14.4. The first-order valence-electron chi connectivity index (χ1n) is 11.9. The predicted octanol–water partition coefficient (Wildman–Crippen LogP) is 7.16. The van der Waals surface area contributed by atoms with E-state index >= 15 is 0 Å². The summed E-state index contributed by atoms with van der Waals surface area (Å²) in [5.74, 6) is 3.06. The SMILES string of the molecule is CC(C)(C)[C@@H]1COC(c2cccc(Oc3ccc4c5ccccc5n(-c5ccccn5)c4c3)c2)=N1. The maximum Gasteiger partial charge on any atom is 0.216 e. The Morgan fingerprint density at radius 3 is 2.43 bits per heavy atom. The van der Waals surface area contributed by atoms with Crippen LogP contribution < -0.4 is 4.74 Å². The maximum atomic E-state index is 6.32. The Morgan fingerprint density at radius 2 is 1.63 bits per heavy atom. The van der Waals surface area contributed by atoms with Crippen molar-refractivity contribution >= 4 is 27.7 Å². The molecule has 1 atom stereocenters. The van der Waals surface area contributed by atoms with E-state index in [2.05, 4.69) is 66.7 Å². The van der Waals surface area contributed by atoms with Crippen LogP contribution in [0.1, 0.15) is 26.3 Å². The normalized spacial score (nSPS) is 15.9. The molecule has 5 aromatic rings. The standard InChI is InChI=1S/C30H27N3O2/c1-30(2,3)27-19-34-29(32-27)20-9-8-10-21(17-20)35-22-14-15-24-23-11-4-5-12-25(23)33(26(24)18-22)28-13-6-7-16-31-28/h4-18,27H,19H2,1-3H3/t27-/m0/s1. The fourth-order valence-corrected chi connectivity index (χ4v) is 4.55. The molecular formula is C30H27N3O2. The molecule has 174 valence electrons. The van der Waals surface area contributed by atoms with E-state index in [1.807, 2.05) is 54.7 Å². The van der Waals surface area contributed by atoms with Crippen LogP contribution in [0.4, 0.5) is 0 Å². The molecule has 3 aromatic carbocycles. The molecule has 6 rings (SSSR count). The highest BCUT2D eigenvalue weighted by molar-refractivity contribution is 6.09. The number of nitrogens with zero attached hydrogens (tertiary/aromatic N) is 3. The second kappa shape index (κ2) is 8.27. The summed E-state index contributed by atoms with van der Waals surface area (Å²) in [4.78, 5) is 9.43. The largest absolute Gasteiger partial charge is 0.475 e. The Labute approximate surface area is 204 Å². The molecule has 0 saturated carbocycles. The minimum absolute atomic E-state index is 0.0668. The highest BCUT2D eigenvalue weighted by atomic mass is 16.5. The van der Waals surface area contributed by atoms with Crippen molar-refractivity contribution in [1.82, 2.24) is 9.55 Å². The quantitative estimate of drug-likeness (QED) is 0.285. The van der Waals surface area contributed by atoms with Crippen molar-refractivity contribution in [3.05, 3.63) is 96.7 Å². The second-order valence-corrected chi connectivity index (χ2v) is 9.98. The van der Waals surface area contributed by atoms with E-state index in [9.17, 15) is 0 Å². The van der Waals surface area contributed by atoms with Gasteiger partial charge in [0.2, 0.25) is 5.90 Å². The summed E-state index contributed by atoms with van der Waals surface area (Å²) in [7, 11) is 0. The van der Waals surface area contributed by atoms with Gasteiger partial charge in [-0.3, -0.25) is 4.57 Å². The van der Waals surface area contributed by atoms with Gasteiger partial charge in [0.25, 0.3) is 0 Å². The van der Waals surface area contributed by atoms with Crippen LogP contribution in [0.25, 0.3) is 27.6 Å². The second-order valence-electron chi connectivity index (χ2n) is 9.98. The molecule has 0 unspecified atom stereocenters. The maximum absolute atomic E-state index is 6.32. The molecule has 2 aromatic heterocycles. The van der Waals surface area contributed by atoms with Gasteiger partial charge < -0.3 is 9.47 Å². The van der Waals surface area contributed by atoms with E-state index in [1.54, 1.807) is 0 Å². The van der Waals surface area contributed by atoms with E-state index in [0.717, 1.165) is 39.3 Å². The third kappa shape index (κ3) is 3.93. The Morgan fingerprint density at radius 1 is 0.829 bits per heavy atom. The minimum Gasteiger partial charge on any atom is -0.475 e. The molecule has 1 aliphatic rings. The summed E-state index contributed by atoms with van der Waals surface area (Å²) in [5.41, 5.74) is 3.16. The van der Waals surface area contributed by atoms with Gasteiger partial charge in [-0.25, -0.2) is 9.98 Å². The Hall–Kier alpha value is -4.12. The first kappa shape index (κ1) is 21.4. The van der Waals surface area contributed by atoms with Crippen LogP contribution in [0.5, 0.6) is 11.5 Å². The number of benzene rings is 3. The zero-order valence-electron chi connectivity index (χ0n) is 20.1. The Kier molecular flexibility index (Phi) is 5.06. The molecule has 5 nitrogen and oxygen atoms in total. The highest BCUT2D eigenvalue weighted by Gasteiger charge is 2.30. The Balaban J connectivity index is 1.38. The van der Waals surface area contributed by atoms with E-state index in [0.29, 0.717) is 12.5 Å². The van der Waals surface area contributed by atoms with Gasteiger partial charge in [0.05, 0.1) is 17.1 Å². The van der Waals surface area contributed by atoms with Gasteiger partial charge in [-0.05, 0) is 53.9 Å². The summed E-state index contributed by atoms with van der Waals surface area (Å²) in [6.45, 7) is 7.17. The highest BCUT2D eigenvalue weighted by Crippen LogP contribution is 2.35. The number of hydrogen-bond donors (Lipinski definition) is 0. The molecule has 0 aliphatic carbocycles. The number of rotatable bonds is 4. The smallest absolute Gasteiger partial charge is 0.216 e. The van der Waals surface area contributed by atoms with E-state index in [-0.39, 0.29) is 11.5 Å². The van der Waals surface area contributed by atoms with Crippen LogP contribution >= 0.6 is 0 Å². The number of aliphatic imine (C=N–C) groups is 1. The molecule has 3 heterocycles. The van der Waals surface area contributed by atoms with Crippen LogP contribution in [0.15, 0.2) is 96.1 Å². The van der Waals surface area contributed by atoms with Crippen LogP contribution in [0.2, 0.25) is 0 Å². The van der Waals surface area contributed by atoms with Gasteiger partial charge in [0.15, 0.2) is 0 Å². The number of aromatic nitrogens is 2. The van der Waals surface area contributed by atoms with Crippen molar-refractivity contribution < 1.29 is 9.47 Å². The van der Waals surface area contributed by atoms with Gasteiger partial charge in [-0.15, -0.1) is 0 Å². The lowest BCUT2D eigenvalue weighted by molar-refractivity contribution is 0.236. The average Bonchev–Trinajstić information content (AvgIpc) is 3.48. The van der Waals surface area contributed by atoms with Crippen LogP contribution in [0.3, 0.4) is 0 Å². The van der Waals surface area contributed by atoms with Crippen molar-refractivity contribution in [2.75, 3.05) is 6.61 Å². The summed E-state index contributed by atoms with van der Waals surface area (Å²) >= 11 is 0. The lowest BCUT2D eigenvalue weighted by Gasteiger charge is -2.21. The molecule has 0 saturated heterocycles. The fraction of sp³-hybridized carbons (Fsp3) is 0.200. The minimum atomic E-state index is 0.0668. The number of para-hydroxylation sites is 1. The summed E-state index contributed by atoms with van der Waals surface area (Å²) in [6.07, 6.45) is 1.82. The molecule has 1 aliphatic heterocycles. The predicted molar refractivity (Wildman–Crippen MR) is 141 cm³/mol. The van der Waals surface area contributed by atoms with E-state index < -0.39 is 0 Å². The molecule has 0 N–H and O–H groups in total. The molecule has 0 fully saturated rings. The summed E-state index contributed by atoms with van der Waals surface area (Å²) in [5, 5.41) is 2.35. The number of hydrogen-bond acceptors (Lipinski definition) is 4. The lowest BCUT2D eigenvalue weighted by Crippen LogP contribution is -2.25. The van der Waals surface area contributed by atoms with Crippen LogP contribution in [0, 0.1) is 5.41 Å². The van der Waals surface area contributed by atoms with Gasteiger partial charge in [-0.2, -0.15) is 0 Å². The zero-order valence-corrected chi connectivity index (χ0v) is 20.1. The molecular weight excluding hydrogens is 434 g/mol.